The van der Waals surface area contributed by atoms with Gasteiger partial charge in [-0.3, -0.25) is 4.79 Å². The lowest BCUT2D eigenvalue weighted by atomic mass is 10.3. The Balaban J connectivity index is 2.43. The number of aliphatic hydroxyl groups is 1. The summed E-state index contributed by atoms with van der Waals surface area (Å²) in [5.41, 5.74) is -0.683. The van der Waals surface area contributed by atoms with E-state index in [1.165, 1.54) is 6.20 Å². The monoisotopic (exact) mass is 336 g/mol. The van der Waals surface area contributed by atoms with Crippen molar-refractivity contribution in [1.82, 2.24) is 9.29 Å². The Morgan fingerprint density at radius 3 is 2.67 bits per heavy atom. The molecule has 0 amide bonds. The number of hydrogen-bond donors (Lipinski definition) is 2. The minimum atomic E-state index is -4.16. The summed E-state index contributed by atoms with van der Waals surface area (Å²) >= 11 is 0. The molecule has 8 nitrogen and oxygen atoms in total. The molecule has 0 spiro atoms. The maximum atomic E-state index is 12.5. The summed E-state index contributed by atoms with van der Waals surface area (Å²) in [4.78, 5) is 13.8. The maximum absolute atomic E-state index is 12.5. The van der Waals surface area contributed by atoms with Gasteiger partial charge in [-0.1, -0.05) is 0 Å². The molecule has 118 valence electrons. The molecule has 10 heteroatoms. The normalized spacial score (nSPS) is 21.7. The van der Waals surface area contributed by atoms with E-state index in [0.29, 0.717) is 0 Å². The number of nitrogens with one attached hydrogen (secondary N) is 1. The quantitative estimate of drug-likeness (QED) is 0.677. The van der Waals surface area contributed by atoms with Crippen LogP contribution in [-0.2, 0) is 19.9 Å². The molecule has 2 N–H and O–H groups in total. The van der Waals surface area contributed by atoms with E-state index in [1.54, 1.807) is 0 Å². The van der Waals surface area contributed by atoms with Crippen molar-refractivity contribution in [3.63, 3.8) is 0 Å². The molecule has 1 aromatic rings. The van der Waals surface area contributed by atoms with E-state index in [4.69, 9.17) is 5.11 Å². The summed E-state index contributed by atoms with van der Waals surface area (Å²) in [5.74, 6) is -0.392. The molecule has 1 saturated heterocycles. The first-order valence-electron chi connectivity index (χ1n) is 6.28. The molecule has 21 heavy (non-hydrogen) atoms. The predicted octanol–water partition coefficient (Wildman–Crippen LogP) is -1.45. The lowest BCUT2D eigenvalue weighted by Gasteiger charge is -2.26. The molecule has 0 saturated carbocycles. The molecule has 2 rings (SSSR count). The number of H-pyrrole nitrogens is 1. The molecule has 1 fully saturated rings. The standard InChI is InChI=1S/C11H16N2O6S2/c14-5-4-13(9-2-6-20(16,17)8-9)21(18,19)11-7-12-3-1-10(11)15/h1,3,7,9,14H,2,4-6,8H2,(H,12,15). The van der Waals surface area contributed by atoms with Gasteiger partial charge in [0.2, 0.25) is 15.5 Å². The highest BCUT2D eigenvalue weighted by Crippen LogP contribution is 2.23. The van der Waals surface area contributed by atoms with Crippen molar-refractivity contribution in [2.75, 3.05) is 24.7 Å². The minimum Gasteiger partial charge on any atom is -0.395 e. The molecule has 1 aliphatic heterocycles. The van der Waals surface area contributed by atoms with Gasteiger partial charge < -0.3 is 10.1 Å². The molecule has 1 unspecified atom stereocenters. The average Bonchev–Trinajstić information content (AvgIpc) is 2.76. The zero-order valence-electron chi connectivity index (χ0n) is 11.1. The summed E-state index contributed by atoms with van der Waals surface area (Å²) < 4.78 is 49.0. The Hall–Kier alpha value is -1.23. The third-order valence-corrected chi connectivity index (χ3v) is 7.03. The molecule has 0 radical (unpaired) electrons. The molecule has 1 aliphatic rings. The summed E-state index contributed by atoms with van der Waals surface area (Å²) in [6.07, 6.45) is 2.52. The Labute approximate surface area is 122 Å². The van der Waals surface area contributed by atoms with Crippen LogP contribution in [0.2, 0.25) is 0 Å². The number of pyridine rings is 1. The van der Waals surface area contributed by atoms with E-state index in [-0.39, 0.29) is 24.5 Å². The van der Waals surface area contributed by atoms with Crippen LogP contribution in [0.3, 0.4) is 0 Å². The van der Waals surface area contributed by atoms with Crippen molar-refractivity contribution >= 4 is 19.9 Å². The molecule has 0 aromatic carbocycles. The summed E-state index contributed by atoms with van der Waals surface area (Å²) in [5, 5.41) is 9.07. The Bertz CT molecular complexity index is 768. The van der Waals surface area contributed by atoms with Gasteiger partial charge in [-0.15, -0.1) is 0 Å². The molecule has 0 bridgehead atoms. The highest BCUT2D eigenvalue weighted by atomic mass is 32.2. The van der Waals surface area contributed by atoms with E-state index >= 15 is 0 Å². The van der Waals surface area contributed by atoms with E-state index < -0.39 is 42.8 Å². The zero-order chi connectivity index (χ0) is 15.7. The SMILES string of the molecule is O=c1cc[nH]cc1S(=O)(=O)N(CCO)C1CCS(=O)(=O)C1. The van der Waals surface area contributed by atoms with Gasteiger partial charge in [-0.25, -0.2) is 16.8 Å². The number of aromatic nitrogens is 1. The van der Waals surface area contributed by atoms with Crippen LogP contribution >= 0.6 is 0 Å². The fourth-order valence-electron chi connectivity index (χ4n) is 2.33. The van der Waals surface area contributed by atoms with E-state index in [9.17, 15) is 21.6 Å². The zero-order valence-corrected chi connectivity index (χ0v) is 12.7. The topological polar surface area (TPSA) is 125 Å². The van der Waals surface area contributed by atoms with Crippen LogP contribution < -0.4 is 5.43 Å². The number of sulfone groups is 1. The van der Waals surface area contributed by atoms with Gasteiger partial charge in [0, 0.05) is 31.0 Å². The van der Waals surface area contributed by atoms with Crippen LogP contribution in [0, 0.1) is 0 Å². The van der Waals surface area contributed by atoms with E-state index in [1.807, 2.05) is 0 Å². The second-order valence-corrected chi connectivity index (χ2v) is 8.86. The number of rotatable bonds is 5. The van der Waals surface area contributed by atoms with Crippen molar-refractivity contribution in [3.05, 3.63) is 28.7 Å². The first-order valence-corrected chi connectivity index (χ1v) is 9.54. The van der Waals surface area contributed by atoms with Gasteiger partial charge in [0.15, 0.2) is 9.84 Å². The van der Waals surface area contributed by atoms with Gasteiger partial charge in [0.05, 0.1) is 18.1 Å². The lowest BCUT2D eigenvalue weighted by molar-refractivity contribution is 0.232. The highest BCUT2D eigenvalue weighted by molar-refractivity contribution is 7.92. The van der Waals surface area contributed by atoms with Crippen molar-refractivity contribution in [2.24, 2.45) is 0 Å². The van der Waals surface area contributed by atoms with Crippen molar-refractivity contribution < 1.29 is 21.9 Å². The Kier molecular flexibility index (Phi) is 4.51. The second-order valence-electron chi connectivity index (χ2n) is 4.77. The average molecular weight is 336 g/mol. The number of nitrogens with zero attached hydrogens (tertiary/aromatic N) is 1. The maximum Gasteiger partial charge on any atom is 0.248 e. The molecule has 0 aliphatic carbocycles. The van der Waals surface area contributed by atoms with E-state index in [0.717, 1.165) is 16.6 Å². The van der Waals surface area contributed by atoms with Gasteiger partial charge in [0.25, 0.3) is 0 Å². The van der Waals surface area contributed by atoms with Crippen molar-refractivity contribution in [3.8, 4) is 0 Å². The number of aliphatic hydroxyl groups excluding tert-OH is 1. The minimum absolute atomic E-state index is 0.0970. The fourth-order valence-corrected chi connectivity index (χ4v) is 5.84. The van der Waals surface area contributed by atoms with Gasteiger partial charge >= 0.3 is 0 Å². The van der Waals surface area contributed by atoms with Crippen LogP contribution in [0.1, 0.15) is 6.42 Å². The number of sulfonamides is 1. The third kappa shape index (κ3) is 3.34. The molecule has 1 aromatic heterocycles. The third-order valence-electron chi connectivity index (χ3n) is 3.31. The summed E-state index contributed by atoms with van der Waals surface area (Å²) in [7, 11) is -7.45. The number of aromatic amines is 1. The first kappa shape index (κ1) is 16.1. The van der Waals surface area contributed by atoms with Crippen molar-refractivity contribution in [2.45, 2.75) is 17.4 Å². The summed E-state index contributed by atoms with van der Waals surface area (Å²) in [6.45, 7) is -0.711. The molecule has 2 heterocycles. The van der Waals surface area contributed by atoms with Crippen LogP contribution in [0.15, 0.2) is 28.2 Å². The summed E-state index contributed by atoms with van der Waals surface area (Å²) in [6, 6.07) is 0.321. The second kappa shape index (κ2) is 5.87. The predicted molar refractivity (Wildman–Crippen MR) is 75.1 cm³/mol. The van der Waals surface area contributed by atoms with Gasteiger partial charge in [0.1, 0.15) is 4.90 Å². The van der Waals surface area contributed by atoms with Crippen molar-refractivity contribution in [1.29, 1.82) is 0 Å². The Morgan fingerprint density at radius 1 is 1.43 bits per heavy atom. The van der Waals surface area contributed by atoms with Gasteiger partial charge in [-0.05, 0) is 6.42 Å². The molecular weight excluding hydrogens is 320 g/mol. The fraction of sp³-hybridized carbons (Fsp3) is 0.545. The first-order chi connectivity index (χ1) is 9.78. The van der Waals surface area contributed by atoms with Crippen LogP contribution in [0.25, 0.3) is 0 Å². The van der Waals surface area contributed by atoms with Crippen LogP contribution in [0.5, 0.6) is 0 Å². The van der Waals surface area contributed by atoms with E-state index in [2.05, 4.69) is 4.98 Å². The number of hydrogen-bond acceptors (Lipinski definition) is 6. The van der Waals surface area contributed by atoms with Crippen LogP contribution in [-0.4, -0.2) is 61.9 Å². The Morgan fingerprint density at radius 2 is 2.14 bits per heavy atom. The largest absolute Gasteiger partial charge is 0.395 e. The van der Waals surface area contributed by atoms with Gasteiger partial charge in [-0.2, -0.15) is 4.31 Å². The highest BCUT2D eigenvalue weighted by Gasteiger charge is 2.39. The molecule has 1 atom stereocenters. The molecular formula is C11H16N2O6S2. The lowest BCUT2D eigenvalue weighted by Crippen LogP contribution is -2.44. The smallest absolute Gasteiger partial charge is 0.248 e. The van der Waals surface area contributed by atoms with Crippen LogP contribution in [0.4, 0.5) is 0 Å².